The van der Waals surface area contributed by atoms with Gasteiger partial charge in [0.1, 0.15) is 0 Å². The van der Waals surface area contributed by atoms with E-state index in [9.17, 15) is 13.2 Å². The average Bonchev–Trinajstić information content (AvgIpc) is 2.82. The normalized spacial score (nSPS) is 20.1. The van der Waals surface area contributed by atoms with Gasteiger partial charge in [0.2, 0.25) is 10.0 Å². The number of hydrogen-bond acceptors (Lipinski definition) is 4. The first-order chi connectivity index (χ1) is 9.35. The Labute approximate surface area is 124 Å². The number of carbonyl (C=O) groups is 1. The van der Waals surface area contributed by atoms with Crippen LogP contribution in [0.15, 0.2) is 12.1 Å². The summed E-state index contributed by atoms with van der Waals surface area (Å²) in [6.07, 6.45) is 3.04. The van der Waals surface area contributed by atoms with Crippen LogP contribution in [0.1, 0.15) is 27.4 Å². The molecule has 1 atom stereocenters. The van der Waals surface area contributed by atoms with E-state index in [2.05, 4.69) is 4.72 Å². The highest BCUT2D eigenvalue weighted by Crippen LogP contribution is 2.22. The van der Waals surface area contributed by atoms with Crippen molar-refractivity contribution in [3.05, 3.63) is 21.9 Å². The van der Waals surface area contributed by atoms with E-state index in [0.29, 0.717) is 13.1 Å². The molecule has 1 aromatic heterocycles. The lowest BCUT2D eigenvalue weighted by atomic mass is 9.98. The van der Waals surface area contributed by atoms with E-state index in [1.807, 2.05) is 24.0 Å². The van der Waals surface area contributed by atoms with Crippen LogP contribution in [0.25, 0.3) is 0 Å². The lowest BCUT2D eigenvalue weighted by Crippen LogP contribution is -2.43. The van der Waals surface area contributed by atoms with Gasteiger partial charge in [-0.1, -0.05) is 0 Å². The number of rotatable bonds is 4. The van der Waals surface area contributed by atoms with E-state index < -0.39 is 10.0 Å². The number of nitrogens with one attached hydrogen (secondary N) is 1. The summed E-state index contributed by atoms with van der Waals surface area (Å²) in [5, 5.41) is 0. The summed E-state index contributed by atoms with van der Waals surface area (Å²) < 4.78 is 24.8. The Hall–Kier alpha value is -0.920. The van der Waals surface area contributed by atoms with Crippen molar-refractivity contribution in [3.63, 3.8) is 0 Å². The molecule has 112 valence electrons. The second kappa shape index (κ2) is 6.24. The molecule has 1 aliphatic heterocycles. The number of nitrogens with zero attached hydrogens (tertiary/aromatic N) is 1. The van der Waals surface area contributed by atoms with Crippen molar-refractivity contribution in [1.29, 1.82) is 0 Å². The molecule has 1 aromatic rings. The molecule has 20 heavy (non-hydrogen) atoms. The standard InChI is InChI=1S/C13H20N2O3S2/c1-10-5-6-12(19-10)13(16)15-7-3-4-11(9-15)8-14-20(2,17)18/h5-6,11,14H,3-4,7-9H2,1-2H3. The number of thiophene rings is 1. The largest absolute Gasteiger partial charge is 0.338 e. The Morgan fingerprint density at radius 1 is 1.50 bits per heavy atom. The van der Waals surface area contributed by atoms with Gasteiger partial charge in [0.25, 0.3) is 5.91 Å². The van der Waals surface area contributed by atoms with Crippen molar-refractivity contribution in [2.45, 2.75) is 19.8 Å². The van der Waals surface area contributed by atoms with E-state index in [4.69, 9.17) is 0 Å². The maximum absolute atomic E-state index is 12.4. The fraction of sp³-hybridized carbons (Fsp3) is 0.615. The molecule has 2 rings (SSSR count). The SMILES string of the molecule is Cc1ccc(C(=O)N2CCCC(CNS(C)(=O)=O)C2)s1. The minimum absolute atomic E-state index is 0.0622. The fourth-order valence-corrected chi connectivity index (χ4v) is 3.76. The Bertz CT molecular complexity index is 580. The van der Waals surface area contributed by atoms with Crippen LogP contribution in [0.4, 0.5) is 0 Å². The highest BCUT2D eigenvalue weighted by molar-refractivity contribution is 7.88. The number of piperidine rings is 1. The molecule has 7 heteroatoms. The second-order valence-corrected chi connectivity index (χ2v) is 8.41. The zero-order valence-electron chi connectivity index (χ0n) is 11.8. The van der Waals surface area contributed by atoms with Crippen molar-refractivity contribution < 1.29 is 13.2 Å². The Morgan fingerprint density at radius 3 is 2.85 bits per heavy atom. The third-order valence-corrected chi connectivity index (χ3v) is 5.07. The zero-order chi connectivity index (χ0) is 14.8. The third kappa shape index (κ3) is 4.29. The van der Waals surface area contributed by atoms with Crippen LogP contribution in [0, 0.1) is 12.8 Å². The second-order valence-electron chi connectivity index (χ2n) is 5.29. The highest BCUT2D eigenvalue weighted by atomic mass is 32.2. The van der Waals surface area contributed by atoms with Gasteiger partial charge in [0.15, 0.2) is 0 Å². The molecule has 1 aliphatic rings. The smallest absolute Gasteiger partial charge is 0.263 e. The first-order valence-electron chi connectivity index (χ1n) is 6.65. The molecule has 0 saturated carbocycles. The third-order valence-electron chi connectivity index (χ3n) is 3.39. The molecule has 0 bridgehead atoms. The summed E-state index contributed by atoms with van der Waals surface area (Å²) in [6.45, 7) is 3.77. The van der Waals surface area contributed by atoms with Crippen LogP contribution in [-0.2, 0) is 10.0 Å². The summed E-state index contributed by atoms with van der Waals surface area (Å²) in [5.74, 6) is 0.260. The molecule has 1 amide bonds. The Balaban J connectivity index is 1.94. The van der Waals surface area contributed by atoms with Gasteiger partial charge in [-0.05, 0) is 37.8 Å². The number of likely N-dealkylation sites (tertiary alicyclic amines) is 1. The van der Waals surface area contributed by atoms with Crippen LogP contribution in [0.2, 0.25) is 0 Å². The molecule has 0 radical (unpaired) electrons. The molecular formula is C13H20N2O3S2. The number of carbonyl (C=O) groups excluding carboxylic acids is 1. The van der Waals surface area contributed by atoms with Gasteiger partial charge >= 0.3 is 0 Å². The van der Waals surface area contributed by atoms with Crippen molar-refractivity contribution in [1.82, 2.24) is 9.62 Å². The fourth-order valence-electron chi connectivity index (χ4n) is 2.39. The van der Waals surface area contributed by atoms with E-state index in [1.54, 1.807) is 0 Å². The van der Waals surface area contributed by atoms with Crippen molar-refractivity contribution in [3.8, 4) is 0 Å². The summed E-state index contributed by atoms with van der Waals surface area (Å²) in [4.78, 5) is 16.1. The summed E-state index contributed by atoms with van der Waals surface area (Å²) >= 11 is 1.51. The molecule has 1 unspecified atom stereocenters. The molecule has 1 fully saturated rings. The molecule has 1 saturated heterocycles. The summed E-state index contributed by atoms with van der Waals surface area (Å²) in [7, 11) is -3.16. The van der Waals surface area contributed by atoms with Crippen LogP contribution in [0.5, 0.6) is 0 Å². The molecule has 5 nitrogen and oxygen atoms in total. The first kappa shape index (κ1) is 15.5. The van der Waals surface area contributed by atoms with Gasteiger partial charge in [0.05, 0.1) is 11.1 Å². The quantitative estimate of drug-likeness (QED) is 0.914. The topological polar surface area (TPSA) is 66.5 Å². The van der Waals surface area contributed by atoms with E-state index in [1.165, 1.54) is 11.3 Å². The maximum atomic E-state index is 12.4. The van der Waals surface area contributed by atoms with Gasteiger partial charge in [0, 0.05) is 24.5 Å². The van der Waals surface area contributed by atoms with Gasteiger partial charge in [-0.2, -0.15) is 0 Å². The summed E-state index contributed by atoms with van der Waals surface area (Å²) in [6, 6.07) is 3.81. The van der Waals surface area contributed by atoms with E-state index >= 15 is 0 Å². The maximum Gasteiger partial charge on any atom is 0.263 e. The molecule has 0 aromatic carbocycles. The van der Waals surface area contributed by atoms with Crippen LogP contribution in [-0.4, -0.2) is 45.1 Å². The van der Waals surface area contributed by atoms with Crippen molar-refractivity contribution in [2.24, 2.45) is 5.92 Å². The van der Waals surface area contributed by atoms with Crippen molar-refractivity contribution >= 4 is 27.3 Å². The number of sulfonamides is 1. The lowest BCUT2D eigenvalue weighted by Gasteiger charge is -2.32. The molecule has 2 heterocycles. The minimum atomic E-state index is -3.16. The van der Waals surface area contributed by atoms with Crippen LogP contribution in [0.3, 0.4) is 0 Å². The van der Waals surface area contributed by atoms with Gasteiger partial charge < -0.3 is 4.90 Å². The number of aryl methyl sites for hydroxylation is 1. The summed E-state index contributed by atoms with van der Waals surface area (Å²) in [5.41, 5.74) is 0. The monoisotopic (exact) mass is 316 g/mol. The van der Waals surface area contributed by atoms with Crippen LogP contribution < -0.4 is 4.72 Å². The predicted molar refractivity (Wildman–Crippen MR) is 80.5 cm³/mol. The van der Waals surface area contributed by atoms with Gasteiger partial charge in [-0.15, -0.1) is 11.3 Å². The minimum Gasteiger partial charge on any atom is -0.338 e. The average molecular weight is 316 g/mol. The van der Waals surface area contributed by atoms with Crippen molar-refractivity contribution in [2.75, 3.05) is 25.9 Å². The molecule has 0 aliphatic carbocycles. The Morgan fingerprint density at radius 2 is 2.25 bits per heavy atom. The molecule has 1 N–H and O–H groups in total. The van der Waals surface area contributed by atoms with Crippen LogP contribution >= 0.6 is 11.3 Å². The highest BCUT2D eigenvalue weighted by Gasteiger charge is 2.25. The van der Waals surface area contributed by atoms with E-state index in [0.717, 1.165) is 35.4 Å². The zero-order valence-corrected chi connectivity index (χ0v) is 13.4. The lowest BCUT2D eigenvalue weighted by molar-refractivity contribution is 0.0681. The molecule has 0 spiro atoms. The Kier molecular flexibility index (Phi) is 4.82. The predicted octanol–water partition coefficient (Wildman–Crippen LogP) is 1.46. The van der Waals surface area contributed by atoms with Gasteiger partial charge in [-0.3, -0.25) is 4.79 Å². The van der Waals surface area contributed by atoms with Gasteiger partial charge in [-0.25, -0.2) is 13.1 Å². The first-order valence-corrected chi connectivity index (χ1v) is 9.36. The molecular weight excluding hydrogens is 296 g/mol. The number of hydrogen-bond donors (Lipinski definition) is 1. The van der Waals surface area contributed by atoms with E-state index in [-0.39, 0.29) is 11.8 Å². The number of amides is 1.